The summed E-state index contributed by atoms with van der Waals surface area (Å²) < 4.78 is 10.7. The van der Waals surface area contributed by atoms with E-state index < -0.39 is 0 Å². The number of benzene rings is 1. The molecular weight excluding hydrogens is 324 g/mol. The van der Waals surface area contributed by atoms with Gasteiger partial charge in [-0.3, -0.25) is 0 Å². The van der Waals surface area contributed by atoms with Gasteiger partial charge in [-0.25, -0.2) is 0 Å². The van der Waals surface area contributed by atoms with Gasteiger partial charge in [-0.2, -0.15) is 0 Å². The monoisotopic (exact) mass is 360 g/mol. The molecule has 1 aromatic rings. The second-order valence-corrected chi connectivity index (χ2v) is 6.94. The van der Waals surface area contributed by atoms with Gasteiger partial charge in [0.25, 0.3) is 0 Å². The molecule has 0 aliphatic rings. The molecule has 3 nitrogen and oxygen atoms in total. The lowest BCUT2D eigenvalue weighted by atomic mass is 10.0. The van der Waals surface area contributed by atoms with Gasteiger partial charge in [0.1, 0.15) is 5.75 Å². The highest BCUT2D eigenvalue weighted by molar-refractivity contribution is 5.26. The molecule has 0 amide bonds. The summed E-state index contributed by atoms with van der Waals surface area (Å²) in [5.74, 6) is 3.54. The topological polar surface area (TPSA) is 38.7 Å². The fourth-order valence-corrected chi connectivity index (χ4v) is 2.96. The van der Waals surface area contributed by atoms with Gasteiger partial charge in [0.05, 0.1) is 26.4 Å². The number of hydrogen-bond acceptors (Lipinski definition) is 3. The summed E-state index contributed by atoms with van der Waals surface area (Å²) in [5.41, 5.74) is 1.09. The number of aliphatic hydroxyl groups is 1. The highest BCUT2D eigenvalue weighted by Gasteiger charge is 2.04. The zero-order valence-electron chi connectivity index (χ0n) is 16.4. The molecule has 0 saturated carbocycles. The third-order valence-corrected chi connectivity index (χ3v) is 4.60. The van der Waals surface area contributed by atoms with Crippen LogP contribution < -0.4 is 4.74 Å². The van der Waals surface area contributed by atoms with Crippen molar-refractivity contribution in [2.24, 2.45) is 0 Å². The van der Waals surface area contributed by atoms with Crippen LogP contribution >= 0.6 is 0 Å². The predicted molar refractivity (Wildman–Crippen MR) is 108 cm³/mol. The first-order valence-electron chi connectivity index (χ1n) is 10.1. The van der Waals surface area contributed by atoms with Crippen LogP contribution in [0.15, 0.2) is 24.3 Å². The van der Waals surface area contributed by atoms with Crippen LogP contribution in [-0.4, -0.2) is 24.9 Å². The molecule has 0 aliphatic carbocycles. The lowest BCUT2D eigenvalue weighted by Gasteiger charge is -2.11. The van der Waals surface area contributed by atoms with E-state index in [4.69, 9.17) is 15.9 Å². The van der Waals surface area contributed by atoms with E-state index in [0.29, 0.717) is 13.2 Å². The van der Waals surface area contributed by atoms with Gasteiger partial charge < -0.3 is 14.6 Å². The van der Waals surface area contributed by atoms with Crippen molar-refractivity contribution >= 4 is 0 Å². The molecule has 146 valence electrons. The molecule has 1 aromatic carbocycles. The Morgan fingerprint density at radius 2 is 1.50 bits per heavy atom. The standard InChI is InChI=1S/C23H36O3/c1-3-4-5-6-7-8-9-10-11-12-13-14-22(24)20-26-19-21-15-17-23(25-2)18-16-21/h1,15-18,22,24H,4-14,19-20H2,2H3. The smallest absolute Gasteiger partial charge is 0.118 e. The van der Waals surface area contributed by atoms with E-state index in [1.807, 2.05) is 24.3 Å². The van der Waals surface area contributed by atoms with Crippen molar-refractivity contribution in [2.45, 2.75) is 83.3 Å². The highest BCUT2D eigenvalue weighted by Crippen LogP contribution is 2.14. The molecule has 0 heterocycles. The molecule has 1 rings (SSSR count). The van der Waals surface area contributed by atoms with Crippen LogP contribution in [0.1, 0.15) is 76.2 Å². The summed E-state index contributed by atoms with van der Waals surface area (Å²) in [6.07, 6.45) is 17.9. The van der Waals surface area contributed by atoms with Gasteiger partial charge in [-0.1, -0.05) is 63.5 Å². The summed E-state index contributed by atoms with van der Waals surface area (Å²) in [4.78, 5) is 0. The number of hydrogen-bond donors (Lipinski definition) is 1. The third kappa shape index (κ3) is 12.0. The molecule has 0 spiro atoms. The van der Waals surface area contributed by atoms with Gasteiger partial charge in [0.2, 0.25) is 0 Å². The molecule has 0 saturated heterocycles. The molecule has 3 heteroatoms. The van der Waals surface area contributed by atoms with E-state index in [1.165, 1.54) is 51.4 Å². The number of unbranched alkanes of at least 4 members (excludes halogenated alkanes) is 9. The molecule has 0 aromatic heterocycles. The SMILES string of the molecule is C#CCCCCCCCCCCCC(O)COCc1ccc(OC)cc1. The summed E-state index contributed by atoms with van der Waals surface area (Å²) in [6, 6.07) is 7.82. The van der Waals surface area contributed by atoms with Gasteiger partial charge in [0.15, 0.2) is 0 Å². The lowest BCUT2D eigenvalue weighted by molar-refractivity contribution is 0.0233. The van der Waals surface area contributed by atoms with Crippen molar-refractivity contribution < 1.29 is 14.6 Å². The van der Waals surface area contributed by atoms with Crippen molar-refractivity contribution in [3.63, 3.8) is 0 Å². The van der Waals surface area contributed by atoms with Crippen molar-refractivity contribution in [1.82, 2.24) is 0 Å². The van der Waals surface area contributed by atoms with Gasteiger partial charge >= 0.3 is 0 Å². The average Bonchev–Trinajstić information content (AvgIpc) is 2.66. The van der Waals surface area contributed by atoms with Crippen LogP contribution in [0.4, 0.5) is 0 Å². The van der Waals surface area contributed by atoms with E-state index in [9.17, 15) is 5.11 Å². The Morgan fingerprint density at radius 3 is 2.08 bits per heavy atom. The Hall–Kier alpha value is -1.50. The van der Waals surface area contributed by atoms with Gasteiger partial charge in [-0.05, 0) is 30.5 Å². The minimum atomic E-state index is -0.357. The van der Waals surface area contributed by atoms with Crippen molar-refractivity contribution in [2.75, 3.05) is 13.7 Å². The zero-order chi connectivity index (χ0) is 18.9. The quantitative estimate of drug-likeness (QED) is 0.313. The minimum Gasteiger partial charge on any atom is -0.497 e. The third-order valence-electron chi connectivity index (χ3n) is 4.60. The molecule has 0 aliphatic heterocycles. The number of ether oxygens (including phenoxy) is 2. The van der Waals surface area contributed by atoms with E-state index in [1.54, 1.807) is 7.11 Å². The van der Waals surface area contributed by atoms with E-state index in [0.717, 1.165) is 30.6 Å². The Morgan fingerprint density at radius 1 is 0.923 bits per heavy atom. The van der Waals surface area contributed by atoms with E-state index >= 15 is 0 Å². The Labute approximate surface area is 160 Å². The zero-order valence-corrected chi connectivity index (χ0v) is 16.4. The lowest BCUT2D eigenvalue weighted by Crippen LogP contribution is -2.15. The Kier molecular flexibility index (Phi) is 13.6. The van der Waals surface area contributed by atoms with Crippen LogP contribution in [0.5, 0.6) is 5.75 Å². The molecular formula is C23H36O3. The van der Waals surface area contributed by atoms with E-state index in [2.05, 4.69) is 5.92 Å². The highest BCUT2D eigenvalue weighted by atomic mass is 16.5. The maximum absolute atomic E-state index is 9.99. The summed E-state index contributed by atoms with van der Waals surface area (Å²) >= 11 is 0. The summed E-state index contributed by atoms with van der Waals surface area (Å²) in [7, 11) is 1.66. The number of methoxy groups -OCH3 is 1. The maximum Gasteiger partial charge on any atom is 0.118 e. The first-order valence-corrected chi connectivity index (χ1v) is 10.1. The van der Waals surface area contributed by atoms with E-state index in [-0.39, 0.29) is 6.10 Å². The first-order chi connectivity index (χ1) is 12.8. The fourth-order valence-electron chi connectivity index (χ4n) is 2.96. The minimum absolute atomic E-state index is 0.357. The second-order valence-electron chi connectivity index (χ2n) is 6.94. The van der Waals surface area contributed by atoms with Crippen molar-refractivity contribution in [3.05, 3.63) is 29.8 Å². The van der Waals surface area contributed by atoms with Crippen LogP contribution in [0, 0.1) is 12.3 Å². The first kappa shape index (κ1) is 22.5. The molecule has 26 heavy (non-hydrogen) atoms. The molecule has 0 fully saturated rings. The van der Waals surface area contributed by atoms with Gasteiger partial charge in [0, 0.05) is 6.42 Å². The maximum atomic E-state index is 9.99. The summed E-state index contributed by atoms with van der Waals surface area (Å²) in [6.45, 7) is 0.937. The molecule has 1 atom stereocenters. The molecule has 0 bridgehead atoms. The summed E-state index contributed by atoms with van der Waals surface area (Å²) in [5, 5.41) is 9.99. The normalized spacial score (nSPS) is 11.9. The van der Waals surface area contributed by atoms with Crippen molar-refractivity contribution in [1.29, 1.82) is 0 Å². The molecule has 0 radical (unpaired) electrons. The Bertz CT molecular complexity index is 475. The second kappa shape index (κ2) is 15.7. The molecule has 1 unspecified atom stereocenters. The largest absolute Gasteiger partial charge is 0.497 e. The molecule has 1 N–H and O–H groups in total. The van der Waals surface area contributed by atoms with Crippen LogP contribution in [-0.2, 0) is 11.3 Å². The van der Waals surface area contributed by atoms with Crippen LogP contribution in [0.2, 0.25) is 0 Å². The number of rotatable bonds is 16. The van der Waals surface area contributed by atoms with Crippen LogP contribution in [0.25, 0.3) is 0 Å². The van der Waals surface area contributed by atoms with Crippen LogP contribution in [0.3, 0.4) is 0 Å². The average molecular weight is 361 g/mol. The number of terminal acetylenes is 1. The van der Waals surface area contributed by atoms with Gasteiger partial charge in [-0.15, -0.1) is 12.3 Å². The predicted octanol–water partition coefficient (Wildman–Crippen LogP) is 5.50. The Balaban J connectivity index is 1.89. The fraction of sp³-hybridized carbons (Fsp3) is 0.652. The number of aliphatic hydroxyl groups excluding tert-OH is 1. The van der Waals surface area contributed by atoms with Crippen molar-refractivity contribution in [3.8, 4) is 18.1 Å².